The fourth-order valence-corrected chi connectivity index (χ4v) is 2.08. The Morgan fingerprint density at radius 2 is 2.31 bits per heavy atom. The van der Waals surface area contributed by atoms with E-state index in [1.165, 1.54) is 25.7 Å². The summed E-state index contributed by atoms with van der Waals surface area (Å²) < 4.78 is 0. The van der Waals surface area contributed by atoms with E-state index in [4.69, 9.17) is 0 Å². The van der Waals surface area contributed by atoms with Gasteiger partial charge in [-0.3, -0.25) is 4.79 Å². The fourth-order valence-electron chi connectivity index (χ4n) is 2.08. The van der Waals surface area contributed by atoms with Crippen molar-refractivity contribution in [1.29, 1.82) is 0 Å². The Labute approximate surface area is 81.2 Å². The number of ketones is 1. The summed E-state index contributed by atoms with van der Waals surface area (Å²) in [5, 5.41) is 0. The lowest BCUT2D eigenvalue weighted by Crippen LogP contribution is -2.04. The number of hydrogen-bond donors (Lipinski definition) is 0. The van der Waals surface area contributed by atoms with Crippen LogP contribution in [0.3, 0.4) is 0 Å². The Morgan fingerprint density at radius 1 is 1.46 bits per heavy atom. The second-order valence-corrected chi connectivity index (χ2v) is 4.07. The van der Waals surface area contributed by atoms with E-state index in [9.17, 15) is 4.79 Å². The van der Waals surface area contributed by atoms with Gasteiger partial charge in [0, 0.05) is 12.8 Å². The number of unbranched alkanes of at least 4 members (excludes halogenated alkanes) is 1. The minimum atomic E-state index is 0.487. The van der Waals surface area contributed by atoms with Crippen molar-refractivity contribution in [3.8, 4) is 0 Å². The zero-order valence-corrected chi connectivity index (χ0v) is 8.43. The Bertz CT molecular complexity index is 172. The zero-order chi connectivity index (χ0) is 9.52. The van der Waals surface area contributed by atoms with Crippen LogP contribution < -0.4 is 0 Å². The lowest BCUT2D eigenvalue weighted by atomic mass is 9.94. The molecule has 0 aliphatic heterocycles. The number of hydrogen-bond acceptors (Lipinski definition) is 1. The van der Waals surface area contributed by atoms with Crippen LogP contribution in [-0.2, 0) is 4.79 Å². The number of carbonyl (C=O) groups is 1. The zero-order valence-electron chi connectivity index (χ0n) is 8.43. The highest BCUT2D eigenvalue weighted by molar-refractivity contribution is 5.78. The van der Waals surface area contributed by atoms with E-state index in [0.717, 1.165) is 25.7 Å². The van der Waals surface area contributed by atoms with Crippen molar-refractivity contribution < 1.29 is 4.79 Å². The largest absolute Gasteiger partial charge is 0.300 e. The van der Waals surface area contributed by atoms with Gasteiger partial charge in [-0.25, -0.2) is 0 Å². The van der Waals surface area contributed by atoms with Gasteiger partial charge in [-0.2, -0.15) is 0 Å². The highest BCUT2D eigenvalue weighted by Gasteiger charge is 2.16. The second kappa shape index (κ2) is 5.95. The first-order valence-corrected chi connectivity index (χ1v) is 5.45. The van der Waals surface area contributed by atoms with E-state index in [0.29, 0.717) is 11.7 Å². The van der Waals surface area contributed by atoms with Gasteiger partial charge in [0.2, 0.25) is 0 Å². The molecule has 1 unspecified atom stereocenters. The molecule has 1 aliphatic carbocycles. The van der Waals surface area contributed by atoms with Crippen molar-refractivity contribution in [3.63, 3.8) is 0 Å². The van der Waals surface area contributed by atoms with Gasteiger partial charge >= 0.3 is 0 Å². The van der Waals surface area contributed by atoms with Crippen LogP contribution in [0.15, 0.2) is 12.7 Å². The molecule has 0 radical (unpaired) electrons. The molecule has 1 aliphatic rings. The van der Waals surface area contributed by atoms with Gasteiger partial charge < -0.3 is 0 Å². The van der Waals surface area contributed by atoms with Gasteiger partial charge in [-0.05, 0) is 31.6 Å². The van der Waals surface area contributed by atoms with E-state index in [1.807, 2.05) is 6.08 Å². The third kappa shape index (κ3) is 4.25. The second-order valence-electron chi connectivity index (χ2n) is 4.07. The highest BCUT2D eigenvalue weighted by Crippen LogP contribution is 2.24. The molecule has 1 saturated carbocycles. The van der Waals surface area contributed by atoms with Crippen LogP contribution in [0.5, 0.6) is 0 Å². The highest BCUT2D eigenvalue weighted by atomic mass is 16.1. The quantitative estimate of drug-likeness (QED) is 0.367. The van der Waals surface area contributed by atoms with Crippen molar-refractivity contribution in [2.75, 3.05) is 0 Å². The molecule has 0 bridgehead atoms. The van der Waals surface area contributed by atoms with Crippen LogP contribution in [0.25, 0.3) is 0 Å². The topological polar surface area (TPSA) is 17.1 Å². The first-order valence-electron chi connectivity index (χ1n) is 5.45. The van der Waals surface area contributed by atoms with Crippen molar-refractivity contribution in [1.82, 2.24) is 0 Å². The summed E-state index contributed by atoms with van der Waals surface area (Å²) in [6.45, 7) is 3.71. The lowest BCUT2D eigenvalue weighted by molar-refractivity contribution is -0.119. The Balaban J connectivity index is 2.22. The maximum Gasteiger partial charge on any atom is 0.133 e. The first-order chi connectivity index (χ1) is 6.33. The standard InChI is InChI=1S/C12H20O/c1-2-3-4-7-11-8-5-6-9-12(13)10-11/h2,11H,1,3-10H2. The molecule has 0 spiro atoms. The molecule has 1 atom stereocenters. The SMILES string of the molecule is C=CCCCC1CCCCC(=O)C1. The molecule has 0 amide bonds. The molecular weight excluding hydrogens is 160 g/mol. The van der Waals surface area contributed by atoms with Gasteiger partial charge in [-0.15, -0.1) is 6.58 Å². The Morgan fingerprint density at radius 3 is 3.08 bits per heavy atom. The molecule has 1 heteroatoms. The third-order valence-corrected chi connectivity index (χ3v) is 2.85. The van der Waals surface area contributed by atoms with Gasteiger partial charge in [0.1, 0.15) is 5.78 Å². The average molecular weight is 180 g/mol. The van der Waals surface area contributed by atoms with Crippen molar-refractivity contribution in [3.05, 3.63) is 12.7 Å². The monoisotopic (exact) mass is 180 g/mol. The third-order valence-electron chi connectivity index (χ3n) is 2.85. The predicted octanol–water partition coefficient (Wildman–Crippen LogP) is 3.49. The summed E-state index contributed by atoms with van der Waals surface area (Å²) in [7, 11) is 0. The van der Waals surface area contributed by atoms with Crippen LogP contribution in [0.4, 0.5) is 0 Å². The van der Waals surface area contributed by atoms with Crippen molar-refractivity contribution in [2.24, 2.45) is 5.92 Å². The van der Waals surface area contributed by atoms with Crippen LogP contribution in [0, 0.1) is 5.92 Å². The summed E-state index contributed by atoms with van der Waals surface area (Å²) in [5.74, 6) is 1.16. The summed E-state index contributed by atoms with van der Waals surface area (Å²) in [5.41, 5.74) is 0. The van der Waals surface area contributed by atoms with Crippen molar-refractivity contribution in [2.45, 2.75) is 51.4 Å². The average Bonchev–Trinajstić information content (AvgIpc) is 2.31. The molecular formula is C12H20O. The smallest absolute Gasteiger partial charge is 0.133 e. The van der Waals surface area contributed by atoms with E-state index < -0.39 is 0 Å². The Hall–Kier alpha value is -0.590. The summed E-state index contributed by atoms with van der Waals surface area (Å²) in [6.07, 6.45) is 10.8. The normalized spacial score (nSPS) is 24.0. The first kappa shape index (κ1) is 10.5. The Kier molecular flexibility index (Phi) is 4.81. The molecule has 1 rings (SSSR count). The summed E-state index contributed by atoms with van der Waals surface area (Å²) in [4.78, 5) is 11.3. The molecule has 74 valence electrons. The molecule has 0 saturated heterocycles. The maximum absolute atomic E-state index is 11.3. The fraction of sp³-hybridized carbons (Fsp3) is 0.750. The van der Waals surface area contributed by atoms with E-state index >= 15 is 0 Å². The van der Waals surface area contributed by atoms with Crippen LogP contribution in [0.1, 0.15) is 51.4 Å². The molecule has 0 aromatic carbocycles. The molecule has 1 fully saturated rings. The van der Waals surface area contributed by atoms with Crippen molar-refractivity contribution >= 4 is 5.78 Å². The van der Waals surface area contributed by atoms with Gasteiger partial charge in [0.15, 0.2) is 0 Å². The number of allylic oxidation sites excluding steroid dienone is 1. The summed E-state index contributed by atoms with van der Waals surface area (Å²) >= 11 is 0. The van der Waals surface area contributed by atoms with Crippen LogP contribution in [0.2, 0.25) is 0 Å². The molecule has 0 aromatic rings. The number of Topliss-reactive ketones (excluding diaryl/α,β-unsaturated/α-hetero) is 1. The number of carbonyl (C=O) groups excluding carboxylic acids is 1. The maximum atomic E-state index is 11.3. The molecule has 0 heterocycles. The molecule has 0 aromatic heterocycles. The lowest BCUT2D eigenvalue weighted by Gasteiger charge is -2.11. The molecule has 0 N–H and O–H groups in total. The molecule has 1 nitrogen and oxygen atoms in total. The summed E-state index contributed by atoms with van der Waals surface area (Å²) in [6, 6.07) is 0. The van der Waals surface area contributed by atoms with Gasteiger partial charge in [0.25, 0.3) is 0 Å². The van der Waals surface area contributed by atoms with E-state index in [-0.39, 0.29) is 0 Å². The van der Waals surface area contributed by atoms with Gasteiger partial charge in [-0.1, -0.05) is 18.9 Å². The van der Waals surface area contributed by atoms with E-state index in [1.54, 1.807) is 0 Å². The minimum Gasteiger partial charge on any atom is -0.300 e. The van der Waals surface area contributed by atoms with Crippen LogP contribution >= 0.6 is 0 Å². The number of rotatable bonds is 4. The van der Waals surface area contributed by atoms with Gasteiger partial charge in [0.05, 0.1) is 0 Å². The van der Waals surface area contributed by atoms with E-state index in [2.05, 4.69) is 6.58 Å². The van der Waals surface area contributed by atoms with Crippen LogP contribution in [-0.4, -0.2) is 5.78 Å². The minimum absolute atomic E-state index is 0.487. The molecule has 13 heavy (non-hydrogen) atoms. The predicted molar refractivity (Wildman–Crippen MR) is 55.6 cm³/mol.